The molecule has 3 aliphatic heterocycles. The van der Waals surface area contributed by atoms with Crippen molar-refractivity contribution in [3.8, 4) is 0 Å². The third-order valence-corrected chi connectivity index (χ3v) is 7.93. The summed E-state index contributed by atoms with van der Waals surface area (Å²) in [4.78, 5) is 39.3. The first-order valence-electron chi connectivity index (χ1n) is 10.7. The van der Waals surface area contributed by atoms with Crippen molar-refractivity contribution in [1.82, 2.24) is 4.31 Å². The van der Waals surface area contributed by atoms with Crippen molar-refractivity contribution >= 4 is 33.4 Å². The highest BCUT2D eigenvalue weighted by Gasteiger charge is 2.60. The summed E-state index contributed by atoms with van der Waals surface area (Å²) in [6.07, 6.45) is 0. The monoisotopic (exact) mass is 491 g/mol. The van der Waals surface area contributed by atoms with E-state index in [2.05, 4.69) is 5.32 Å². The maximum atomic E-state index is 13.6. The molecule has 34 heavy (non-hydrogen) atoms. The number of morpholine rings is 1. The predicted molar refractivity (Wildman–Crippen MR) is 119 cm³/mol. The van der Waals surface area contributed by atoms with Crippen LogP contribution in [-0.2, 0) is 44.0 Å². The number of nitrogens with zero attached hydrogens (tertiary/aromatic N) is 1. The van der Waals surface area contributed by atoms with Crippen molar-refractivity contribution in [2.45, 2.75) is 31.1 Å². The third-order valence-electron chi connectivity index (χ3n) is 6.03. The highest BCUT2D eigenvalue weighted by atomic mass is 32.2. The number of anilines is 1. The average molecular weight is 492 g/mol. The van der Waals surface area contributed by atoms with E-state index >= 15 is 0 Å². The lowest BCUT2D eigenvalue weighted by molar-refractivity contribution is -0.141. The minimum atomic E-state index is -3.95. The molecular weight excluding hydrogens is 466 g/mol. The van der Waals surface area contributed by atoms with E-state index in [9.17, 15) is 22.8 Å². The second-order valence-electron chi connectivity index (χ2n) is 7.98. The van der Waals surface area contributed by atoms with Crippen LogP contribution in [0.2, 0.25) is 0 Å². The Morgan fingerprint density at radius 1 is 1.24 bits per heavy atom. The number of ether oxygens (including phenoxy) is 3. The van der Waals surface area contributed by atoms with E-state index in [4.69, 9.17) is 19.9 Å². The number of rotatable bonds is 5. The second kappa shape index (κ2) is 8.53. The second-order valence-corrected chi connectivity index (χ2v) is 9.92. The molecule has 0 saturated carbocycles. The van der Waals surface area contributed by atoms with Crippen molar-refractivity contribution in [3.63, 3.8) is 0 Å². The van der Waals surface area contributed by atoms with Crippen LogP contribution in [0.25, 0.3) is 0 Å². The Hall–Kier alpha value is -3.22. The van der Waals surface area contributed by atoms with E-state index in [1.807, 2.05) is 0 Å². The maximum Gasteiger partial charge on any atom is 0.341 e. The molecule has 1 atom stereocenters. The summed E-state index contributed by atoms with van der Waals surface area (Å²) in [7, 11) is -3.95. The van der Waals surface area contributed by atoms with Crippen LogP contribution in [-0.4, -0.2) is 63.3 Å². The van der Waals surface area contributed by atoms with Crippen molar-refractivity contribution < 1.29 is 37.0 Å². The largest absolute Gasteiger partial charge is 0.462 e. The number of benzene rings is 1. The first-order valence-corrected chi connectivity index (χ1v) is 12.1. The summed E-state index contributed by atoms with van der Waals surface area (Å²) in [6.45, 7) is 5.10. The fourth-order valence-corrected chi connectivity index (χ4v) is 6.12. The highest BCUT2D eigenvalue weighted by Crippen LogP contribution is 2.53. The maximum absolute atomic E-state index is 13.6. The molecule has 3 N–H and O–H groups in total. The molecule has 1 unspecified atom stereocenters. The standard InChI is InChI=1S/C22H25N3O8S/c1-4-32-20(27)18-19(23)33-13(3)17(12(2)26)22(18)15-11-14(5-6-16(15)24-21(22)28)34(29,30)25-7-9-31-10-8-25/h5-6,11H,4,7-10,23H2,1-3H3,(H,24,28). The van der Waals surface area contributed by atoms with Gasteiger partial charge in [0, 0.05) is 24.3 Å². The summed E-state index contributed by atoms with van der Waals surface area (Å²) < 4.78 is 43.8. The summed E-state index contributed by atoms with van der Waals surface area (Å²) in [5, 5.41) is 2.66. The van der Waals surface area contributed by atoms with Gasteiger partial charge in [-0.05, 0) is 39.0 Å². The summed E-state index contributed by atoms with van der Waals surface area (Å²) in [6, 6.07) is 4.09. The first-order chi connectivity index (χ1) is 16.1. The minimum Gasteiger partial charge on any atom is -0.462 e. The normalized spacial score (nSPS) is 23.0. The van der Waals surface area contributed by atoms with Gasteiger partial charge in [0.2, 0.25) is 21.8 Å². The number of allylic oxidation sites excluding steroid dienone is 1. The van der Waals surface area contributed by atoms with Crippen LogP contribution in [0.15, 0.2) is 45.9 Å². The zero-order valence-corrected chi connectivity index (χ0v) is 19.8. The number of hydrogen-bond acceptors (Lipinski definition) is 9. The highest BCUT2D eigenvalue weighted by molar-refractivity contribution is 7.89. The molecular formula is C22H25N3O8S. The van der Waals surface area contributed by atoms with E-state index in [1.54, 1.807) is 6.92 Å². The molecule has 3 aliphatic rings. The van der Waals surface area contributed by atoms with Crippen LogP contribution in [0.1, 0.15) is 26.3 Å². The molecule has 182 valence electrons. The lowest BCUT2D eigenvalue weighted by Gasteiger charge is -2.36. The van der Waals surface area contributed by atoms with E-state index in [1.165, 1.54) is 36.4 Å². The number of carbonyl (C=O) groups excluding carboxylic acids is 3. The molecule has 1 aromatic rings. The fraction of sp³-hybridized carbons (Fsp3) is 0.409. The van der Waals surface area contributed by atoms with Gasteiger partial charge in [0.25, 0.3) is 0 Å². The molecule has 1 spiro atoms. The number of carbonyl (C=O) groups is 3. The van der Waals surface area contributed by atoms with Crippen molar-refractivity contribution in [2.24, 2.45) is 5.73 Å². The molecule has 1 fully saturated rings. The number of ketones is 1. The van der Waals surface area contributed by atoms with Crippen LogP contribution in [0, 0.1) is 0 Å². The van der Waals surface area contributed by atoms with E-state index in [0.29, 0.717) is 0 Å². The van der Waals surface area contributed by atoms with Gasteiger partial charge in [-0.1, -0.05) is 0 Å². The van der Waals surface area contributed by atoms with Gasteiger partial charge in [-0.3, -0.25) is 9.59 Å². The Balaban J connectivity index is 2.00. The van der Waals surface area contributed by atoms with Gasteiger partial charge in [0.05, 0.1) is 30.3 Å². The van der Waals surface area contributed by atoms with Crippen molar-refractivity contribution in [1.29, 1.82) is 0 Å². The summed E-state index contributed by atoms with van der Waals surface area (Å²) >= 11 is 0. The molecule has 3 heterocycles. The molecule has 11 nitrogen and oxygen atoms in total. The number of sulfonamides is 1. The van der Waals surface area contributed by atoms with Crippen LogP contribution < -0.4 is 11.1 Å². The molecule has 0 radical (unpaired) electrons. The van der Waals surface area contributed by atoms with Gasteiger partial charge in [0.1, 0.15) is 16.7 Å². The average Bonchev–Trinajstić information content (AvgIpc) is 3.05. The quantitative estimate of drug-likeness (QED) is 0.561. The van der Waals surface area contributed by atoms with Crippen LogP contribution in [0.3, 0.4) is 0 Å². The molecule has 0 aliphatic carbocycles. The Labute approximate surface area is 196 Å². The zero-order valence-electron chi connectivity index (χ0n) is 19.0. The van der Waals surface area contributed by atoms with E-state index < -0.39 is 39.0 Å². The number of amides is 1. The smallest absolute Gasteiger partial charge is 0.341 e. The van der Waals surface area contributed by atoms with Crippen molar-refractivity contribution in [3.05, 3.63) is 46.6 Å². The predicted octanol–water partition coefficient (Wildman–Crippen LogP) is 0.524. The minimum absolute atomic E-state index is 0.0241. The molecule has 4 rings (SSSR count). The third kappa shape index (κ3) is 3.40. The van der Waals surface area contributed by atoms with Crippen molar-refractivity contribution in [2.75, 3.05) is 38.2 Å². The van der Waals surface area contributed by atoms with Crippen LogP contribution in [0.4, 0.5) is 5.69 Å². The number of Topliss-reactive ketones (excluding diaryl/α,β-unsaturated/α-hetero) is 1. The number of nitrogens with two attached hydrogens (primary N) is 1. The molecule has 1 amide bonds. The Morgan fingerprint density at radius 2 is 1.91 bits per heavy atom. The summed E-state index contributed by atoms with van der Waals surface area (Å²) in [5.41, 5.74) is 3.89. The number of esters is 1. The van der Waals surface area contributed by atoms with Crippen LogP contribution >= 0.6 is 0 Å². The Kier molecular flexibility index (Phi) is 6.00. The van der Waals surface area contributed by atoms with Gasteiger partial charge in [0.15, 0.2) is 5.78 Å². The van der Waals surface area contributed by atoms with Gasteiger partial charge in [-0.15, -0.1) is 0 Å². The topological polar surface area (TPSA) is 154 Å². The Morgan fingerprint density at radius 3 is 2.53 bits per heavy atom. The SMILES string of the molecule is CCOC(=O)C1=C(N)OC(C)=C(C(C)=O)C12C(=O)Nc1ccc(S(=O)(=O)N3CCOCC3)cc12. The molecule has 0 aromatic heterocycles. The lowest BCUT2D eigenvalue weighted by Crippen LogP contribution is -2.48. The molecule has 12 heteroatoms. The zero-order chi connectivity index (χ0) is 24.8. The number of fused-ring (bicyclic) bond motifs is 2. The molecule has 0 bridgehead atoms. The van der Waals surface area contributed by atoms with Crippen LogP contribution in [0.5, 0.6) is 0 Å². The number of nitrogens with one attached hydrogen (secondary N) is 1. The number of hydrogen-bond donors (Lipinski definition) is 2. The molecule has 1 saturated heterocycles. The first kappa shape index (κ1) is 23.9. The Bertz CT molecular complexity index is 1260. The van der Waals surface area contributed by atoms with Gasteiger partial charge < -0.3 is 25.3 Å². The van der Waals surface area contributed by atoms with Gasteiger partial charge >= 0.3 is 5.97 Å². The fourth-order valence-electron chi connectivity index (χ4n) is 4.68. The lowest BCUT2D eigenvalue weighted by atomic mass is 9.66. The summed E-state index contributed by atoms with van der Waals surface area (Å²) in [5.74, 6) is -2.60. The van der Waals surface area contributed by atoms with E-state index in [-0.39, 0.29) is 66.0 Å². The van der Waals surface area contributed by atoms with Gasteiger partial charge in [-0.25, -0.2) is 13.2 Å². The van der Waals surface area contributed by atoms with E-state index in [0.717, 1.165) is 0 Å². The molecule has 1 aromatic carbocycles. The van der Waals surface area contributed by atoms with Gasteiger partial charge in [-0.2, -0.15) is 4.31 Å².